The van der Waals surface area contributed by atoms with Crippen molar-refractivity contribution in [3.8, 4) is 0 Å². The van der Waals surface area contributed by atoms with Gasteiger partial charge in [0, 0.05) is 19.8 Å². The van der Waals surface area contributed by atoms with E-state index in [1.54, 1.807) is 0 Å². The number of sulfone groups is 1. The van der Waals surface area contributed by atoms with Crippen LogP contribution in [0, 0.1) is 11.6 Å². The topological polar surface area (TPSA) is 54.5 Å². The van der Waals surface area contributed by atoms with Crippen molar-refractivity contribution in [3.63, 3.8) is 0 Å². The smallest absolute Gasteiger partial charge is 0.256 e. The molecule has 1 aromatic carbocycles. The van der Waals surface area contributed by atoms with Crippen LogP contribution in [0.15, 0.2) is 12.1 Å². The van der Waals surface area contributed by atoms with Crippen LogP contribution in [-0.2, 0) is 9.84 Å². The largest absolute Gasteiger partial charge is 0.340 e. The first-order chi connectivity index (χ1) is 9.38. The number of hydrogen-bond acceptors (Lipinski definition) is 3. The molecule has 1 amide bonds. The van der Waals surface area contributed by atoms with Crippen molar-refractivity contribution in [2.45, 2.75) is 18.6 Å². The molecule has 0 bridgehead atoms. The monoisotopic (exact) mass is 339 g/mol. The molecule has 4 nitrogen and oxygen atoms in total. The van der Waals surface area contributed by atoms with Crippen LogP contribution < -0.4 is 0 Å². The standard InChI is InChI=1S/C13H16ClF2NO3S/c1-13(2,21(4,19)20)7-17(3)12(18)8-5-6-9(15)10(14)11(8)16/h5-6H,7H2,1-4H3. The van der Waals surface area contributed by atoms with Crippen LogP contribution >= 0.6 is 11.6 Å². The number of carbonyl (C=O) groups excluding carboxylic acids is 1. The van der Waals surface area contributed by atoms with E-state index < -0.39 is 42.7 Å². The third kappa shape index (κ3) is 3.71. The molecule has 0 aromatic heterocycles. The van der Waals surface area contributed by atoms with Crippen molar-refractivity contribution in [1.82, 2.24) is 4.90 Å². The maximum atomic E-state index is 13.8. The molecule has 0 heterocycles. The van der Waals surface area contributed by atoms with Gasteiger partial charge in [-0.2, -0.15) is 0 Å². The van der Waals surface area contributed by atoms with Gasteiger partial charge in [0.25, 0.3) is 5.91 Å². The Morgan fingerprint density at radius 2 is 1.86 bits per heavy atom. The highest BCUT2D eigenvalue weighted by atomic mass is 35.5. The molecular weight excluding hydrogens is 324 g/mol. The zero-order valence-corrected chi connectivity index (χ0v) is 13.6. The molecule has 118 valence electrons. The zero-order valence-electron chi connectivity index (χ0n) is 12.1. The summed E-state index contributed by atoms with van der Waals surface area (Å²) in [4.78, 5) is 13.2. The number of halogens is 3. The van der Waals surface area contributed by atoms with Crippen LogP contribution in [0.2, 0.25) is 5.02 Å². The molecule has 0 unspecified atom stereocenters. The van der Waals surface area contributed by atoms with E-state index in [-0.39, 0.29) is 6.54 Å². The molecule has 0 saturated carbocycles. The Morgan fingerprint density at radius 1 is 1.33 bits per heavy atom. The van der Waals surface area contributed by atoms with E-state index in [4.69, 9.17) is 11.6 Å². The summed E-state index contributed by atoms with van der Waals surface area (Å²) in [6.07, 6.45) is 1.06. The van der Waals surface area contributed by atoms with Crippen LogP contribution in [0.5, 0.6) is 0 Å². The normalized spacial score (nSPS) is 12.3. The number of benzene rings is 1. The van der Waals surface area contributed by atoms with Crippen LogP contribution in [0.25, 0.3) is 0 Å². The van der Waals surface area contributed by atoms with E-state index in [1.807, 2.05) is 0 Å². The van der Waals surface area contributed by atoms with Gasteiger partial charge in [0.15, 0.2) is 15.7 Å². The summed E-state index contributed by atoms with van der Waals surface area (Å²) in [6.45, 7) is 2.78. The summed E-state index contributed by atoms with van der Waals surface area (Å²) in [5, 5.41) is -0.767. The average Bonchev–Trinajstić information content (AvgIpc) is 2.33. The van der Waals surface area contributed by atoms with Gasteiger partial charge in [-0.05, 0) is 26.0 Å². The van der Waals surface area contributed by atoms with Crippen molar-refractivity contribution in [3.05, 3.63) is 34.4 Å². The first-order valence-corrected chi connectivity index (χ1v) is 8.24. The van der Waals surface area contributed by atoms with Gasteiger partial charge < -0.3 is 4.90 Å². The lowest BCUT2D eigenvalue weighted by molar-refractivity contribution is 0.0779. The molecule has 21 heavy (non-hydrogen) atoms. The minimum Gasteiger partial charge on any atom is -0.340 e. The summed E-state index contributed by atoms with van der Waals surface area (Å²) in [5.74, 6) is -2.90. The fraction of sp³-hybridized carbons (Fsp3) is 0.462. The molecule has 0 atom stereocenters. The van der Waals surface area contributed by atoms with Crippen LogP contribution in [-0.4, -0.2) is 43.8 Å². The SMILES string of the molecule is CN(CC(C)(C)S(C)(=O)=O)C(=O)c1ccc(F)c(Cl)c1F. The van der Waals surface area contributed by atoms with Gasteiger partial charge in [-0.1, -0.05) is 11.6 Å². The van der Waals surface area contributed by atoms with Gasteiger partial charge >= 0.3 is 0 Å². The molecule has 0 aliphatic rings. The van der Waals surface area contributed by atoms with Crippen molar-refractivity contribution in [2.24, 2.45) is 0 Å². The fourth-order valence-electron chi connectivity index (χ4n) is 1.66. The second-order valence-corrected chi connectivity index (χ2v) is 8.44. The summed E-state index contributed by atoms with van der Waals surface area (Å²) >= 11 is 5.42. The van der Waals surface area contributed by atoms with E-state index in [2.05, 4.69) is 0 Å². The van der Waals surface area contributed by atoms with Crippen LogP contribution in [0.1, 0.15) is 24.2 Å². The van der Waals surface area contributed by atoms with Crippen LogP contribution in [0.3, 0.4) is 0 Å². The van der Waals surface area contributed by atoms with Gasteiger partial charge in [0.2, 0.25) is 0 Å². The molecular formula is C13H16ClF2NO3S. The third-order valence-electron chi connectivity index (χ3n) is 3.23. The second kappa shape index (κ2) is 5.88. The summed E-state index contributed by atoms with van der Waals surface area (Å²) in [5.41, 5.74) is -0.409. The number of carbonyl (C=O) groups is 1. The molecule has 8 heteroatoms. The Balaban J connectivity index is 3.08. The lowest BCUT2D eigenvalue weighted by Gasteiger charge is -2.28. The number of hydrogen-bond donors (Lipinski definition) is 0. The average molecular weight is 340 g/mol. The first-order valence-electron chi connectivity index (χ1n) is 5.97. The van der Waals surface area contributed by atoms with Crippen molar-refractivity contribution in [2.75, 3.05) is 19.8 Å². The Hall–Kier alpha value is -1.21. The quantitative estimate of drug-likeness (QED) is 0.792. The number of rotatable bonds is 4. The van der Waals surface area contributed by atoms with E-state index in [0.717, 1.165) is 23.3 Å². The lowest BCUT2D eigenvalue weighted by Crippen LogP contribution is -2.44. The highest BCUT2D eigenvalue weighted by Gasteiger charge is 2.33. The number of nitrogens with zero attached hydrogens (tertiary/aromatic N) is 1. The van der Waals surface area contributed by atoms with Gasteiger partial charge in [0.05, 0.1) is 10.3 Å². The molecule has 0 aliphatic carbocycles. The van der Waals surface area contributed by atoms with Crippen molar-refractivity contribution < 1.29 is 22.0 Å². The lowest BCUT2D eigenvalue weighted by atomic mass is 10.1. The van der Waals surface area contributed by atoms with Gasteiger partial charge in [-0.3, -0.25) is 4.79 Å². The predicted molar refractivity (Wildman–Crippen MR) is 77.3 cm³/mol. The molecule has 0 aliphatic heterocycles. The van der Waals surface area contributed by atoms with E-state index >= 15 is 0 Å². The summed E-state index contributed by atoms with van der Waals surface area (Å²) in [7, 11) is -2.07. The Kier molecular flexibility index (Phi) is 5.00. The van der Waals surface area contributed by atoms with Crippen molar-refractivity contribution >= 4 is 27.3 Å². The number of amides is 1. The van der Waals surface area contributed by atoms with E-state index in [9.17, 15) is 22.0 Å². The first kappa shape index (κ1) is 17.8. The highest BCUT2D eigenvalue weighted by Crippen LogP contribution is 2.24. The minimum absolute atomic E-state index is 0.140. The van der Waals surface area contributed by atoms with E-state index in [0.29, 0.717) is 0 Å². The second-order valence-electron chi connectivity index (χ2n) is 5.42. The molecule has 0 spiro atoms. The van der Waals surface area contributed by atoms with Crippen molar-refractivity contribution in [1.29, 1.82) is 0 Å². The van der Waals surface area contributed by atoms with Gasteiger partial charge in [-0.15, -0.1) is 0 Å². The maximum absolute atomic E-state index is 13.8. The van der Waals surface area contributed by atoms with Gasteiger partial charge in [-0.25, -0.2) is 17.2 Å². The zero-order chi connectivity index (χ0) is 16.6. The molecule has 1 rings (SSSR count). The minimum atomic E-state index is -3.41. The van der Waals surface area contributed by atoms with Crippen LogP contribution in [0.4, 0.5) is 8.78 Å². The van der Waals surface area contributed by atoms with Gasteiger partial charge in [0.1, 0.15) is 10.8 Å². The fourth-order valence-corrected chi connectivity index (χ4v) is 2.25. The molecule has 1 aromatic rings. The summed E-state index contributed by atoms with van der Waals surface area (Å²) < 4.78 is 48.9. The Morgan fingerprint density at radius 3 is 2.33 bits per heavy atom. The molecule has 0 fully saturated rings. The van der Waals surface area contributed by atoms with E-state index in [1.165, 1.54) is 20.9 Å². The predicted octanol–water partition coefficient (Wildman–Crippen LogP) is 2.51. The molecule has 0 radical (unpaired) electrons. The maximum Gasteiger partial charge on any atom is 0.256 e. The Bertz CT molecular complexity index is 674. The molecule has 0 N–H and O–H groups in total. The summed E-state index contributed by atoms with van der Waals surface area (Å²) in [6, 6.07) is 1.86. The highest BCUT2D eigenvalue weighted by molar-refractivity contribution is 7.92. The molecule has 0 saturated heterocycles. The third-order valence-corrected chi connectivity index (χ3v) is 5.72. The Labute approximate surface area is 127 Å².